The molecule has 4 unspecified atom stereocenters. The molecule has 1 fully saturated rings. The highest BCUT2D eigenvalue weighted by Gasteiger charge is 2.37. The molecule has 0 aromatic carbocycles. The predicted molar refractivity (Wildman–Crippen MR) is 109 cm³/mol. The predicted octanol–water partition coefficient (Wildman–Crippen LogP) is 4.83. The van der Waals surface area contributed by atoms with E-state index in [0.29, 0.717) is 26.1 Å². The first-order valence-electron chi connectivity index (χ1n) is 11.0. The Bertz CT molecular complexity index is 415. The van der Waals surface area contributed by atoms with Crippen molar-refractivity contribution in [3.05, 3.63) is 0 Å². The van der Waals surface area contributed by atoms with Crippen LogP contribution in [0.25, 0.3) is 0 Å². The van der Waals surface area contributed by atoms with Crippen molar-refractivity contribution >= 4 is 5.97 Å². The number of rotatable bonds is 13. The standard InChI is InChI=1S/C22H42O6/c1-8-19(24-11-4)26-16-13-17(27-20(9-2)25-12-5)15-18(14-16)28-21(23)22(6,7)10-3/h16-20H,8-15H2,1-7H3. The monoisotopic (exact) mass is 402 g/mol. The van der Waals surface area contributed by atoms with E-state index in [1.54, 1.807) is 0 Å². The fraction of sp³-hybridized carbons (Fsp3) is 0.955. The minimum Gasteiger partial charge on any atom is -0.462 e. The van der Waals surface area contributed by atoms with Gasteiger partial charge < -0.3 is 23.7 Å². The molecule has 0 saturated heterocycles. The fourth-order valence-corrected chi connectivity index (χ4v) is 3.25. The Balaban J connectivity index is 2.82. The molecule has 0 radical (unpaired) electrons. The molecule has 1 saturated carbocycles. The summed E-state index contributed by atoms with van der Waals surface area (Å²) in [6.07, 6.45) is 3.52. The maximum absolute atomic E-state index is 12.6. The summed E-state index contributed by atoms with van der Waals surface area (Å²) in [4.78, 5) is 12.6. The van der Waals surface area contributed by atoms with Gasteiger partial charge in [-0.1, -0.05) is 20.8 Å². The minimum absolute atomic E-state index is 0.0723. The van der Waals surface area contributed by atoms with Crippen LogP contribution in [0.15, 0.2) is 0 Å². The van der Waals surface area contributed by atoms with Crippen LogP contribution in [0.1, 0.15) is 87.0 Å². The molecule has 1 rings (SSSR count). The van der Waals surface area contributed by atoms with Gasteiger partial charge in [0.2, 0.25) is 0 Å². The van der Waals surface area contributed by atoms with E-state index in [9.17, 15) is 4.79 Å². The molecule has 28 heavy (non-hydrogen) atoms. The summed E-state index contributed by atoms with van der Waals surface area (Å²) >= 11 is 0. The van der Waals surface area contributed by atoms with Crippen LogP contribution in [0.5, 0.6) is 0 Å². The third kappa shape index (κ3) is 8.36. The van der Waals surface area contributed by atoms with E-state index in [1.165, 1.54) is 0 Å². The van der Waals surface area contributed by atoms with Crippen molar-refractivity contribution in [1.82, 2.24) is 0 Å². The zero-order chi connectivity index (χ0) is 21.2. The summed E-state index contributed by atoms with van der Waals surface area (Å²) in [7, 11) is 0. The van der Waals surface area contributed by atoms with Crippen LogP contribution >= 0.6 is 0 Å². The van der Waals surface area contributed by atoms with Crippen LogP contribution in [0.3, 0.4) is 0 Å². The number of hydrogen-bond acceptors (Lipinski definition) is 6. The van der Waals surface area contributed by atoms with Crippen molar-refractivity contribution in [3.8, 4) is 0 Å². The lowest BCUT2D eigenvalue weighted by molar-refractivity contribution is -0.223. The SMILES string of the molecule is CCOC(CC)OC1CC(OC(=O)C(C)(C)CC)CC(OC(CC)OCC)C1. The van der Waals surface area contributed by atoms with E-state index in [0.717, 1.165) is 25.7 Å². The van der Waals surface area contributed by atoms with E-state index in [2.05, 4.69) is 0 Å². The number of hydrogen-bond donors (Lipinski definition) is 0. The van der Waals surface area contributed by atoms with Crippen LogP contribution in [0, 0.1) is 5.41 Å². The van der Waals surface area contributed by atoms with Gasteiger partial charge in [0.1, 0.15) is 6.10 Å². The number of carbonyl (C=O) groups is 1. The van der Waals surface area contributed by atoms with Crippen LogP contribution in [-0.2, 0) is 28.5 Å². The summed E-state index contributed by atoms with van der Waals surface area (Å²) in [5.74, 6) is -0.159. The van der Waals surface area contributed by atoms with Crippen molar-refractivity contribution in [2.45, 2.75) is 118 Å². The van der Waals surface area contributed by atoms with E-state index in [-0.39, 0.29) is 36.9 Å². The van der Waals surface area contributed by atoms with Crippen LogP contribution in [0.4, 0.5) is 0 Å². The molecule has 0 heterocycles. The smallest absolute Gasteiger partial charge is 0.311 e. The third-order valence-corrected chi connectivity index (χ3v) is 5.35. The molecule has 0 aliphatic heterocycles. The first kappa shape index (κ1) is 25.3. The lowest BCUT2D eigenvalue weighted by Gasteiger charge is -2.38. The van der Waals surface area contributed by atoms with Crippen LogP contribution in [0.2, 0.25) is 0 Å². The Kier molecular flexibility index (Phi) is 11.6. The molecule has 4 atom stereocenters. The maximum Gasteiger partial charge on any atom is 0.311 e. The first-order valence-corrected chi connectivity index (χ1v) is 11.0. The Hall–Kier alpha value is -0.690. The quantitative estimate of drug-likeness (QED) is 0.325. The zero-order valence-corrected chi connectivity index (χ0v) is 19.0. The van der Waals surface area contributed by atoms with Crippen molar-refractivity contribution in [1.29, 1.82) is 0 Å². The topological polar surface area (TPSA) is 63.2 Å². The summed E-state index contributed by atoms with van der Waals surface area (Å²) in [6, 6.07) is 0. The van der Waals surface area contributed by atoms with E-state index < -0.39 is 5.41 Å². The molecule has 166 valence electrons. The van der Waals surface area contributed by atoms with Gasteiger partial charge in [0.15, 0.2) is 12.6 Å². The second-order valence-corrected chi connectivity index (χ2v) is 8.07. The summed E-state index contributed by atoms with van der Waals surface area (Å²) in [5, 5.41) is 0. The Morgan fingerprint density at radius 3 is 1.61 bits per heavy atom. The second-order valence-electron chi connectivity index (χ2n) is 8.07. The molecule has 0 aromatic rings. The van der Waals surface area contributed by atoms with E-state index >= 15 is 0 Å². The highest BCUT2D eigenvalue weighted by molar-refractivity contribution is 5.76. The third-order valence-electron chi connectivity index (χ3n) is 5.35. The molecule has 6 nitrogen and oxygen atoms in total. The average molecular weight is 403 g/mol. The number of esters is 1. The van der Waals surface area contributed by atoms with Gasteiger partial charge in [-0.05, 0) is 47.0 Å². The molecule has 0 bridgehead atoms. The number of carbonyl (C=O) groups excluding carboxylic acids is 1. The number of ether oxygens (including phenoxy) is 5. The Morgan fingerprint density at radius 1 is 0.821 bits per heavy atom. The minimum atomic E-state index is -0.487. The zero-order valence-electron chi connectivity index (χ0n) is 19.0. The Labute approximate surface area is 171 Å². The second kappa shape index (κ2) is 12.8. The van der Waals surface area contributed by atoms with E-state index in [1.807, 2.05) is 48.5 Å². The lowest BCUT2D eigenvalue weighted by atomic mass is 9.89. The first-order chi connectivity index (χ1) is 13.3. The maximum atomic E-state index is 12.6. The van der Waals surface area contributed by atoms with Gasteiger partial charge in [0.25, 0.3) is 0 Å². The van der Waals surface area contributed by atoms with Crippen molar-refractivity contribution in [2.24, 2.45) is 5.41 Å². The molecule has 1 aliphatic rings. The van der Waals surface area contributed by atoms with Crippen LogP contribution < -0.4 is 0 Å². The molecule has 0 spiro atoms. The fourth-order valence-electron chi connectivity index (χ4n) is 3.25. The van der Waals surface area contributed by atoms with Gasteiger partial charge >= 0.3 is 5.97 Å². The molecule has 0 amide bonds. The summed E-state index contributed by atoms with van der Waals surface area (Å²) in [5.41, 5.74) is -0.487. The van der Waals surface area contributed by atoms with Gasteiger partial charge in [-0.2, -0.15) is 0 Å². The summed E-state index contributed by atoms with van der Waals surface area (Å²) < 4.78 is 29.6. The molecule has 0 aromatic heterocycles. The van der Waals surface area contributed by atoms with Crippen molar-refractivity contribution in [3.63, 3.8) is 0 Å². The van der Waals surface area contributed by atoms with Gasteiger partial charge in [0, 0.05) is 32.5 Å². The normalized spacial score (nSPS) is 25.3. The van der Waals surface area contributed by atoms with E-state index in [4.69, 9.17) is 23.7 Å². The molecular formula is C22H42O6. The van der Waals surface area contributed by atoms with Crippen molar-refractivity contribution in [2.75, 3.05) is 13.2 Å². The van der Waals surface area contributed by atoms with Crippen molar-refractivity contribution < 1.29 is 28.5 Å². The molecular weight excluding hydrogens is 360 g/mol. The van der Waals surface area contributed by atoms with Crippen LogP contribution in [-0.4, -0.2) is 50.1 Å². The van der Waals surface area contributed by atoms with Gasteiger partial charge in [-0.3, -0.25) is 4.79 Å². The van der Waals surface area contributed by atoms with Gasteiger partial charge in [0.05, 0.1) is 17.6 Å². The lowest BCUT2D eigenvalue weighted by Crippen LogP contribution is -2.43. The van der Waals surface area contributed by atoms with Gasteiger partial charge in [-0.25, -0.2) is 0 Å². The highest BCUT2D eigenvalue weighted by Crippen LogP contribution is 2.31. The molecule has 6 heteroatoms. The van der Waals surface area contributed by atoms with Gasteiger partial charge in [-0.15, -0.1) is 0 Å². The summed E-state index contributed by atoms with van der Waals surface area (Å²) in [6.45, 7) is 15.1. The average Bonchev–Trinajstić information content (AvgIpc) is 2.67. The largest absolute Gasteiger partial charge is 0.462 e. The molecule has 0 N–H and O–H groups in total. The Morgan fingerprint density at radius 2 is 1.25 bits per heavy atom. The molecule has 1 aliphatic carbocycles. The highest BCUT2D eigenvalue weighted by atomic mass is 16.7.